The second-order valence-electron chi connectivity index (χ2n) is 7.38. The van der Waals surface area contributed by atoms with Gasteiger partial charge < -0.3 is 20.1 Å². The summed E-state index contributed by atoms with van der Waals surface area (Å²) in [6.07, 6.45) is 3.48. The molecule has 1 fully saturated rings. The zero-order valence-electron chi connectivity index (χ0n) is 14.2. The molecular formula is C16H32N2O3. The number of amides is 1. The Morgan fingerprint density at radius 1 is 1.33 bits per heavy atom. The summed E-state index contributed by atoms with van der Waals surface area (Å²) in [6, 6.07) is 0.502. The molecule has 0 aromatic heterocycles. The summed E-state index contributed by atoms with van der Waals surface area (Å²) in [7, 11) is 1.78. The number of rotatable bonds is 5. The second-order valence-corrected chi connectivity index (χ2v) is 7.38. The number of aliphatic hydroxyl groups excluding tert-OH is 1. The summed E-state index contributed by atoms with van der Waals surface area (Å²) in [5.74, 6) is 0.370. The van der Waals surface area contributed by atoms with Gasteiger partial charge >= 0.3 is 6.09 Å². The minimum absolute atomic E-state index is 0.112. The van der Waals surface area contributed by atoms with E-state index < -0.39 is 5.60 Å². The van der Waals surface area contributed by atoms with Gasteiger partial charge in [0.05, 0.1) is 6.10 Å². The number of hydrogen-bond acceptors (Lipinski definition) is 4. The van der Waals surface area contributed by atoms with Gasteiger partial charge in [-0.15, -0.1) is 0 Å². The van der Waals surface area contributed by atoms with Crippen LogP contribution in [0.5, 0.6) is 0 Å². The molecule has 21 heavy (non-hydrogen) atoms. The molecule has 1 saturated carbocycles. The van der Waals surface area contributed by atoms with Gasteiger partial charge in [0, 0.05) is 19.6 Å². The third kappa shape index (κ3) is 7.67. The molecule has 0 saturated heterocycles. The fourth-order valence-corrected chi connectivity index (χ4v) is 2.59. The van der Waals surface area contributed by atoms with Gasteiger partial charge in [-0.25, -0.2) is 4.79 Å². The average Bonchev–Trinajstić information content (AvgIpc) is 2.36. The Labute approximate surface area is 129 Å². The molecule has 1 aliphatic carbocycles. The van der Waals surface area contributed by atoms with Crippen molar-refractivity contribution in [3.05, 3.63) is 0 Å². The van der Waals surface area contributed by atoms with Gasteiger partial charge in [-0.2, -0.15) is 0 Å². The monoisotopic (exact) mass is 300 g/mol. The van der Waals surface area contributed by atoms with E-state index in [4.69, 9.17) is 4.74 Å². The molecule has 0 heterocycles. The van der Waals surface area contributed by atoms with Crippen LogP contribution in [0.1, 0.15) is 53.4 Å². The lowest BCUT2D eigenvalue weighted by Crippen LogP contribution is -2.41. The topological polar surface area (TPSA) is 61.8 Å². The lowest BCUT2D eigenvalue weighted by Gasteiger charge is -2.29. The fourth-order valence-electron chi connectivity index (χ4n) is 2.59. The summed E-state index contributed by atoms with van der Waals surface area (Å²) >= 11 is 0. The highest BCUT2D eigenvalue weighted by molar-refractivity contribution is 5.67. The first-order chi connectivity index (χ1) is 9.67. The van der Waals surface area contributed by atoms with Crippen LogP contribution in [-0.4, -0.2) is 54.0 Å². The molecule has 1 amide bonds. The molecule has 2 N–H and O–H groups in total. The van der Waals surface area contributed by atoms with Crippen LogP contribution in [-0.2, 0) is 4.74 Å². The van der Waals surface area contributed by atoms with Crippen molar-refractivity contribution < 1.29 is 14.6 Å². The largest absolute Gasteiger partial charge is 0.444 e. The predicted octanol–water partition coefficient (Wildman–Crippen LogP) is 2.38. The van der Waals surface area contributed by atoms with Crippen LogP contribution in [0.4, 0.5) is 4.79 Å². The second kappa shape index (κ2) is 7.99. The smallest absolute Gasteiger partial charge is 0.410 e. The maximum Gasteiger partial charge on any atom is 0.410 e. The van der Waals surface area contributed by atoms with Crippen molar-refractivity contribution in [2.75, 3.05) is 20.1 Å². The summed E-state index contributed by atoms with van der Waals surface area (Å²) in [5.41, 5.74) is -0.449. The molecule has 1 aliphatic rings. The van der Waals surface area contributed by atoms with Gasteiger partial charge in [-0.1, -0.05) is 6.92 Å². The average molecular weight is 300 g/mol. The van der Waals surface area contributed by atoms with Crippen molar-refractivity contribution in [3.63, 3.8) is 0 Å². The lowest BCUT2D eigenvalue weighted by molar-refractivity contribution is 0.0275. The highest BCUT2D eigenvalue weighted by atomic mass is 16.6. The van der Waals surface area contributed by atoms with Crippen molar-refractivity contribution in [2.45, 2.75) is 71.1 Å². The number of carbonyl (C=O) groups excluding carboxylic acids is 1. The van der Waals surface area contributed by atoms with Gasteiger partial charge in [-0.3, -0.25) is 0 Å². The molecule has 5 heteroatoms. The number of aliphatic hydroxyl groups is 1. The maximum absolute atomic E-state index is 11.9. The van der Waals surface area contributed by atoms with Crippen molar-refractivity contribution in [1.29, 1.82) is 0 Å². The van der Waals surface area contributed by atoms with Crippen molar-refractivity contribution in [2.24, 2.45) is 5.92 Å². The van der Waals surface area contributed by atoms with E-state index >= 15 is 0 Å². The van der Waals surface area contributed by atoms with Crippen LogP contribution < -0.4 is 5.32 Å². The van der Waals surface area contributed by atoms with Crippen molar-refractivity contribution in [3.8, 4) is 0 Å². The zero-order chi connectivity index (χ0) is 16.0. The van der Waals surface area contributed by atoms with Crippen LogP contribution in [0.15, 0.2) is 0 Å². The Hall–Kier alpha value is -0.810. The fraction of sp³-hybridized carbons (Fsp3) is 0.938. The SMILES string of the molecule is CC(CNC1CCC(O)CC1)CN(C)C(=O)OC(C)(C)C. The summed E-state index contributed by atoms with van der Waals surface area (Å²) in [6.45, 7) is 9.32. The van der Waals surface area contributed by atoms with E-state index in [1.807, 2.05) is 20.8 Å². The highest BCUT2D eigenvalue weighted by Gasteiger charge is 2.22. The molecule has 0 aliphatic heterocycles. The first-order valence-corrected chi connectivity index (χ1v) is 8.03. The van der Waals surface area contributed by atoms with Crippen LogP contribution in [0, 0.1) is 5.92 Å². The maximum atomic E-state index is 11.9. The van der Waals surface area contributed by atoms with Crippen LogP contribution in [0.3, 0.4) is 0 Å². The molecule has 0 aromatic carbocycles. The Kier molecular flexibility index (Phi) is 6.94. The van der Waals surface area contributed by atoms with E-state index in [1.54, 1.807) is 11.9 Å². The molecule has 5 nitrogen and oxygen atoms in total. The van der Waals surface area contributed by atoms with Crippen LogP contribution >= 0.6 is 0 Å². The molecule has 124 valence electrons. The summed E-state index contributed by atoms with van der Waals surface area (Å²) < 4.78 is 5.35. The van der Waals surface area contributed by atoms with E-state index in [0.29, 0.717) is 18.5 Å². The normalized spacial score (nSPS) is 24.5. The number of carbonyl (C=O) groups is 1. The standard InChI is InChI=1S/C16H32N2O3/c1-12(10-17-13-6-8-14(19)9-7-13)11-18(5)15(20)21-16(2,3)4/h12-14,17,19H,6-11H2,1-5H3. The third-order valence-corrected chi connectivity index (χ3v) is 3.74. The van der Waals surface area contributed by atoms with Crippen molar-refractivity contribution >= 4 is 6.09 Å². The van der Waals surface area contributed by atoms with Gasteiger partial charge in [0.1, 0.15) is 5.60 Å². The quantitative estimate of drug-likeness (QED) is 0.818. The number of hydrogen-bond donors (Lipinski definition) is 2. The molecule has 0 radical (unpaired) electrons. The molecule has 0 aromatic rings. The van der Waals surface area contributed by atoms with E-state index in [2.05, 4.69) is 12.2 Å². The number of ether oxygens (including phenoxy) is 1. The predicted molar refractivity (Wildman–Crippen MR) is 84.3 cm³/mol. The van der Waals surface area contributed by atoms with Gasteiger partial charge in [0.2, 0.25) is 0 Å². The number of nitrogens with one attached hydrogen (secondary N) is 1. The minimum Gasteiger partial charge on any atom is -0.444 e. The Bertz CT molecular complexity index is 320. The van der Waals surface area contributed by atoms with E-state index in [0.717, 1.165) is 32.2 Å². The minimum atomic E-state index is -0.449. The molecule has 0 bridgehead atoms. The lowest BCUT2D eigenvalue weighted by atomic mass is 9.93. The van der Waals surface area contributed by atoms with E-state index in [-0.39, 0.29) is 12.2 Å². The molecule has 1 rings (SSSR count). The first kappa shape index (κ1) is 18.2. The molecule has 1 unspecified atom stereocenters. The van der Waals surface area contributed by atoms with Gasteiger partial charge in [0.15, 0.2) is 0 Å². The van der Waals surface area contributed by atoms with E-state index in [1.165, 1.54) is 0 Å². The Balaban J connectivity index is 2.23. The van der Waals surface area contributed by atoms with Crippen LogP contribution in [0.25, 0.3) is 0 Å². The van der Waals surface area contributed by atoms with Gasteiger partial charge in [-0.05, 0) is 58.9 Å². The number of nitrogens with zero attached hydrogens (tertiary/aromatic N) is 1. The molecule has 1 atom stereocenters. The summed E-state index contributed by atoms with van der Waals surface area (Å²) in [5, 5.41) is 13.0. The zero-order valence-corrected chi connectivity index (χ0v) is 14.2. The Morgan fingerprint density at radius 3 is 2.43 bits per heavy atom. The Morgan fingerprint density at radius 2 is 1.90 bits per heavy atom. The van der Waals surface area contributed by atoms with E-state index in [9.17, 15) is 9.90 Å². The van der Waals surface area contributed by atoms with Gasteiger partial charge in [0.25, 0.3) is 0 Å². The van der Waals surface area contributed by atoms with Crippen molar-refractivity contribution in [1.82, 2.24) is 10.2 Å². The molecular weight excluding hydrogens is 268 g/mol. The van der Waals surface area contributed by atoms with Crippen LogP contribution in [0.2, 0.25) is 0 Å². The summed E-state index contributed by atoms with van der Waals surface area (Å²) in [4.78, 5) is 13.5. The first-order valence-electron chi connectivity index (χ1n) is 8.03. The third-order valence-electron chi connectivity index (χ3n) is 3.74. The highest BCUT2D eigenvalue weighted by Crippen LogP contribution is 2.18. The molecule has 0 spiro atoms.